The lowest BCUT2D eigenvalue weighted by Crippen LogP contribution is -2.30. The molecule has 0 N–H and O–H groups in total. The largest absolute Gasteiger partial charge is 0.462 e. The van der Waals surface area contributed by atoms with Crippen LogP contribution in [0.25, 0.3) is 0 Å². The number of allylic oxidation sites excluding steroid dienone is 8. The van der Waals surface area contributed by atoms with Crippen LogP contribution in [0.4, 0.5) is 0 Å². The quantitative estimate of drug-likeness (QED) is 0.0268. The molecular formula is C48H84O6. The van der Waals surface area contributed by atoms with Gasteiger partial charge in [0.15, 0.2) is 6.10 Å². The van der Waals surface area contributed by atoms with Crippen molar-refractivity contribution in [3.63, 3.8) is 0 Å². The first kappa shape index (κ1) is 51.4. The number of rotatable bonds is 40. The van der Waals surface area contributed by atoms with Crippen LogP contribution in [0.5, 0.6) is 0 Å². The zero-order chi connectivity index (χ0) is 39.4. The highest BCUT2D eigenvalue weighted by molar-refractivity contribution is 5.71. The maximum atomic E-state index is 12.7. The Labute approximate surface area is 333 Å². The van der Waals surface area contributed by atoms with E-state index in [1.807, 2.05) is 0 Å². The molecule has 0 radical (unpaired) electrons. The van der Waals surface area contributed by atoms with Gasteiger partial charge < -0.3 is 14.2 Å². The Bertz CT molecular complexity index is 964. The highest BCUT2D eigenvalue weighted by Crippen LogP contribution is 2.14. The Morgan fingerprint density at radius 2 is 0.741 bits per heavy atom. The number of carbonyl (C=O) groups is 3. The van der Waals surface area contributed by atoms with Gasteiger partial charge >= 0.3 is 17.9 Å². The van der Waals surface area contributed by atoms with E-state index in [-0.39, 0.29) is 31.1 Å². The zero-order valence-electron chi connectivity index (χ0n) is 35.5. The van der Waals surface area contributed by atoms with Crippen molar-refractivity contribution in [2.24, 2.45) is 0 Å². The highest BCUT2D eigenvalue weighted by atomic mass is 16.6. The molecule has 312 valence electrons. The van der Waals surface area contributed by atoms with Gasteiger partial charge in [-0.2, -0.15) is 0 Å². The molecule has 0 heterocycles. The molecule has 0 aromatic carbocycles. The molecule has 0 saturated heterocycles. The summed E-state index contributed by atoms with van der Waals surface area (Å²) < 4.78 is 16.7. The van der Waals surface area contributed by atoms with Crippen molar-refractivity contribution in [3.05, 3.63) is 48.6 Å². The Kier molecular flexibility index (Phi) is 41.0. The zero-order valence-corrected chi connectivity index (χ0v) is 35.5. The first-order valence-electron chi connectivity index (χ1n) is 22.6. The number of esters is 3. The van der Waals surface area contributed by atoms with E-state index in [2.05, 4.69) is 69.4 Å². The lowest BCUT2D eigenvalue weighted by atomic mass is 10.1. The first-order chi connectivity index (χ1) is 26.5. The summed E-state index contributed by atoms with van der Waals surface area (Å²) in [5, 5.41) is 0. The number of carbonyl (C=O) groups excluding carboxylic acids is 3. The summed E-state index contributed by atoms with van der Waals surface area (Å²) in [6, 6.07) is 0. The van der Waals surface area contributed by atoms with Gasteiger partial charge in [0.05, 0.1) is 0 Å². The molecule has 0 aliphatic heterocycles. The molecule has 0 fully saturated rings. The Hall–Kier alpha value is -2.63. The summed E-state index contributed by atoms with van der Waals surface area (Å²) in [7, 11) is 0. The van der Waals surface area contributed by atoms with E-state index in [1.54, 1.807) is 0 Å². The van der Waals surface area contributed by atoms with Crippen LogP contribution in [0.15, 0.2) is 48.6 Å². The minimum atomic E-state index is -0.781. The van der Waals surface area contributed by atoms with E-state index in [9.17, 15) is 14.4 Å². The van der Waals surface area contributed by atoms with Crippen LogP contribution in [-0.2, 0) is 28.6 Å². The molecule has 0 aromatic rings. The molecule has 0 spiro atoms. The molecule has 0 bridgehead atoms. The second-order valence-corrected chi connectivity index (χ2v) is 14.9. The van der Waals surface area contributed by atoms with E-state index in [1.165, 1.54) is 77.0 Å². The van der Waals surface area contributed by atoms with E-state index in [0.29, 0.717) is 19.3 Å². The molecule has 0 rings (SSSR count). The van der Waals surface area contributed by atoms with Gasteiger partial charge in [-0.05, 0) is 70.6 Å². The third-order valence-corrected chi connectivity index (χ3v) is 9.57. The standard InChI is InChI=1S/C48H84O6/c1-4-7-10-13-16-19-22-23-24-27-29-32-35-38-41-47(50)53-44-45(54-48(51)42-39-36-33-30-26-21-18-15-12-9-6-3)43-52-46(49)40-37-34-31-28-25-20-17-14-11-8-5-2/h7,10,15-16,18-19,23-24,45H,4-6,8-9,11-14,17,20-22,25-44H2,1-3H3/b10-7-,18-15-,19-16-,24-23-. The van der Waals surface area contributed by atoms with Crippen LogP contribution in [0.3, 0.4) is 0 Å². The summed E-state index contributed by atoms with van der Waals surface area (Å²) in [6.07, 6.45) is 49.5. The van der Waals surface area contributed by atoms with Crippen LogP contribution < -0.4 is 0 Å². The maximum Gasteiger partial charge on any atom is 0.306 e. The summed E-state index contributed by atoms with van der Waals surface area (Å²) in [5.74, 6) is -0.917. The molecule has 0 aromatic heterocycles. The SMILES string of the molecule is CC/C=C\C/C=C\C/C=C\CCCCCCC(=O)OCC(COC(=O)CCCCCCCCCCCCC)OC(=O)CCCCCCC/C=C\CCCC. The fraction of sp³-hybridized carbons (Fsp3) is 0.771. The van der Waals surface area contributed by atoms with Crippen LogP contribution in [0, 0.1) is 0 Å². The molecule has 0 aliphatic rings. The first-order valence-corrected chi connectivity index (χ1v) is 22.6. The lowest BCUT2D eigenvalue weighted by molar-refractivity contribution is -0.167. The van der Waals surface area contributed by atoms with E-state index in [4.69, 9.17) is 14.2 Å². The van der Waals surface area contributed by atoms with Gasteiger partial charge in [0.1, 0.15) is 13.2 Å². The topological polar surface area (TPSA) is 78.9 Å². The van der Waals surface area contributed by atoms with Crippen molar-refractivity contribution in [1.29, 1.82) is 0 Å². The minimum Gasteiger partial charge on any atom is -0.462 e. The average molecular weight is 757 g/mol. The highest BCUT2D eigenvalue weighted by Gasteiger charge is 2.19. The van der Waals surface area contributed by atoms with Crippen LogP contribution in [0.2, 0.25) is 0 Å². The smallest absolute Gasteiger partial charge is 0.306 e. The van der Waals surface area contributed by atoms with Gasteiger partial charge in [0, 0.05) is 19.3 Å². The Balaban J connectivity index is 4.41. The van der Waals surface area contributed by atoms with Crippen molar-refractivity contribution < 1.29 is 28.6 Å². The van der Waals surface area contributed by atoms with Crippen molar-refractivity contribution in [2.75, 3.05) is 13.2 Å². The van der Waals surface area contributed by atoms with E-state index < -0.39 is 6.10 Å². The summed E-state index contributed by atoms with van der Waals surface area (Å²) in [5.41, 5.74) is 0. The summed E-state index contributed by atoms with van der Waals surface area (Å²) >= 11 is 0. The summed E-state index contributed by atoms with van der Waals surface area (Å²) in [4.78, 5) is 37.7. The van der Waals surface area contributed by atoms with Crippen LogP contribution in [-0.4, -0.2) is 37.2 Å². The number of hydrogen-bond donors (Lipinski definition) is 0. The molecule has 1 atom stereocenters. The summed E-state index contributed by atoms with van der Waals surface area (Å²) in [6.45, 7) is 6.44. The van der Waals surface area contributed by atoms with Gasteiger partial charge in [-0.15, -0.1) is 0 Å². The third kappa shape index (κ3) is 40.6. The predicted octanol–water partition coefficient (Wildman–Crippen LogP) is 14.4. The fourth-order valence-corrected chi connectivity index (χ4v) is 6.14. The molecule has 0 amide bonds. The van der Waals surface area contributed by atoms with Gasteiger partial charge in [-0.25, -0.2) is 0 Å². The number of unbranched alkanes of at least 4 members (excludes halogenated alkanes) is 21. The van der Waals surface area contributed by atoms with E-state index in [0.717, 1.165) is 103 Å². The van der Waals surface area contributed by atoms with Crippen molar-refractivity contribution >= 4 is 17.9 Å². The molecule has 1 unspecified atom stereocenters. The van der Waals surface area contributed by atoms with E-state index >= 15 is 0 Å². The number of ether oxygens (including phenoxy) is 3. The second-order valence-electron chi connectivity index (χ2n) is 14.9. The average Bonchev–Trinajstić information content (AvgIpc) is 3.17. The molecular weight excluding hydrogens is 673 g/mol. The maximum absolute atomic E-state index is 12.7. The predicted molar refractivity (Wildman–Crippen MR) is 229 cm³/mol. The normalized spacial score (nSPS) is 12.4. The minimum absolute atomic E-state index is 0.0825. The molecule has 6 heteroatoms. The lowest BCUT2D eigenvalue weighted by Gasteiger charge is -2.18. The third-order valence-electron chi connectivity index (χ3n) is 9.57. The van der Waals surface area contributed by atoms with Crippen LogP contribution >= 0.6 is 0 Å². The molecule has 6 nitrogen and oxygen atoms in total. The van der Waals surface area contributed by atoms with Gasteiger partial charge in [-0.1, -0.05) is 179 Å². The Morgan fingerprint density at radius 3 is 1.20 bits per heavy atom. The second kappa shape index (κ2) is 43.1. The molecule has 54 heavy (non-hydrogen) atoms. The van der Waals surface area contributed by atoms with Gasteiger partial charge in [-0.3, -0.25) is 14.4 Å². The van der Waals surface area contributed by atoms with Crippen LogP contribution in [0.1, 0.15) is 220 Å². The number of hydrogen-bond acceptors (Lipinski definition) is 6. The monoisotopic (exact) mass is 757 g/mol. The molecule has 0 saturated carbocycles. The van der Waals surface area contributed by atoms with Crippen molar-refractivity contribution in [2.45, 2.75) is 226 Å². The molecule has 0 aliphatic carbocycles. The van der Waals surface area contributed by atoms with Gasteiger partial charge in [0.2, 0.25) is 0 Å². The fourth-order valence-electron chi connectivity index (χ4n) is 6.14. The Morgan fingerprint density at radius 1 is 0.389 bits per heavy atom. The van der Waals surface area contributed by atoms with Crippen molar-refractivity contribution in [1.82, 2.24) is 0 Å². The van der Waals surface area contributed by atoms with Crippen molar-refractivity contribution in [3.8, 4) is 0 Å². The van der Waals surface area contributed by atoms with Gasteiger partial charge in [0.25, 0.3) is 0 Å².